The fraction of sp³-hybridized carbons (Fsp3) is 0.304. The van der Waals surface area contributed by atoms with Gasteiger partial charge < -0.3 is 9.47 Å². The predicted molar refractivity (Wildman–Crippen MR) is 115 cm³/mol. The molecule has 1 aliphatic rings. The lowest BCUT2D eigenvalue weighted by atomic mass is 9.95. The zero-order valence-corrected chi connectivity index (χ0v) is 18.5. The maximum atomic E-state index is 13.9. The monoisotopic (exact) mass is 454 g/mol. The summed E-state index contributed by atoms with van der Waals surface area (Å²) in [5.41, 5.74) is 4.03. The highest BCUT2D eigenvalue weighted by molar-refractivity contribution is 6.05. The largest absolute Gasteiger partial charge is 0.335 e. The third kappa shape index (κ3) is 3.12. The van der Waals surface area contributed by atoms with Crippen LogP contribution in [-0.2, 0) is 20.5 Å². The average Bonchev–Trinajstić information content (AvgIpc) is 3.27. The molecule has 0 saturated heterocycles. The second kappa shape index (κ2) is 7.43. The second-order valence-electron chi connectivity index (χ2n) is 8.36. The first-order valence-electron chi connectivity index (χ1n) is 10.5. The lowest BCUT2D eigenvalue weighted by Gasteiger charge is -2.32. The van der Waals surface area contributed by atoms with Crippen LogP contribution in [0.1, 0.15) is 40.3 Å². The van der Waals surface area contributed by atoms with Crippen molar-refractivity contribution in [2.75, 3.05) is 6.54 Å². The Morgan fingerprint density at radius 2 is 1.82 bits per heavy atom. The van der Waals surface area contributed by atoms with Crippen LogP contribution in [0.3, 0.4) is 0 Å². The topological polar surface area (TPSA) is 68.8 Å². The molecule has 170 valence electrons. The Balaban J connectivity index is 1.55. The molecule has 1 aliphatic heterocycles. The number of halogens is 3. The van der Waals surface area contributed by atoms with Gasteiger partial charge in [-0.15, -0.1) is 0 Å². The van der Waals surface area contributed by atoms with Crippen LogP contribution in [0.5, 0.6) is 0 Å². The second-order valence-corrected chi connectivity index (χ2v) is 8.36. The Labute approximate surface area is 187 Å². The van der Waals surface area contributed by atoms with Gasteiger partial charge in [-0.25, -0.2) is 23.1 Å². The summed E-state index contributed by atoms with van der Waals surface area (Å²) in [4.78, 5) is 23.8. The van der Waals surface area contributed by atoms with Gasteiger partial charge in [0, 0.05) is 38.0 Å². The number of carbonyl (C=O) groups is 1. The normalized spacial score (nSPS) is 15.8. The van der Waals surface area contributed by atoms with E-state index in [1.807, 2.05) is 31.7 Å². The van der Waals surface area contributed by atoms with Gasteiger partial charge >= 0.3 is 0 Å². The van der Waals surface area contributed by atoms with Gasteiger partial charge in [0.05, 0.1) is 22.8 Å². The molecule has 1 amide bonds. The third-order valence-electron chi connectivity index (χ3n) is 6.31. The summed E-state index contributed by atoms with van der Waals surface area (Å²) < 4.78 is 44.6. The summed E-state index contributed by atoms with van der Waals surface area (Å²) >= 11 is 0. The quantitative estimate of drug-likeness (QED) is 0.432. The van der Waals surface area contributed by atoms with Gasteiger partial charge in [-0.1, -0.05) is 0 Å². The molecule has 33 heavy (non-hydrogen) atoms. The summed E-state index contributed by atoms with van der Waals surface area (Å²) in [6.45, 7) is 4.14. The number of rotatable bonds is 2. The van der Waals surface area contributed by atoms with E-state index >= 15 is 0 Å². The molecule has 1 aromatic carbocycles. The van der Waals surface area contributed by atoms with E-state index in [1.54, 1.807) is 11.9 Å². The number of benzene rings is 1. The van der Waals surface area contributed by atoms with Crippen LogP contribution in [0.25, 0.3) is 22.3 Å². The molecule has 0 bridgehead atoms. The van der Waals surface area contributed by atoms with E-state index in [0.29, 0.717) is 41.1 Å². The minimum Gasteiger partial charge on any atom is -0.335 e. The number of hydrogen-bond donors (Lipinski definition) is 0. The van der Waals surface area contributed by atoms with Crippen molar-refractivity contribution in [2.24, 2.45) is 14.1 Å². The van der Waals surface area contributed by atoms with E-state index in [4.69, 9.17) is 0 Å². The van der Waals surface area contributed by atoms with E-state index in [-0.39, 0.29) is 11.5 Å². The van der Waals surface area contributed by atoms with Crippen LogP contribution in [0, 0.1) is 24.4 Å². The van der Waals surface area contributed by atoms with E-state index < -0.39 is 23.5 Å². The summed E-state index contributed by atoms with van der Waals surface area (Å²) in [7, 11) is 3.52. The number of aryl methyl sites for hydroxylation is 3. The summed E-state index contributed by atoms with van der Waals surface area (Å²) in [5.74, 6) is -4.26. The Bertz CT molecular complexity index is 1420. The fourth-order valence-corrected chi connectivity index (χ4v) is 4.80. The number of amides is 1. The standard InChI is InChI=1S/C23H21F3N6O/c1-11-9-30(3)22-17(11)20(27-10-28-22)23(33)32-6-5-14-19(12(32)2)29-31(4)21(14)13-7-15(24)18(26)16(25)8-13/h7-10,12H,5-6H2,1-4H3/t12-/m0/s1. The highest BCUT2D eigenvalue weighted by atomic mass is 19.2. The van der Waals surface area contributed by atoms with Crippen LogP contribution in [0.15, 0.2) is 24.7 Å². The zero-order valence-electron chi connectivity index (χ0n) is 18.5. The van der Waals surface area contributed by atoms with Crippen LogP contribution >= 0.6 is 0 Å². The fourth-order valence-electron chi connectivity index (χ4n) is 4.80. The Kier molecular flexibility index (Phi) is 4.77. The molecular weight excluding hydrogens is 433 g/mol. The zero-order chi connectivity index (χ0) is 23.6. The first-order valence-corrected chi connectivity index (χ1v) is 10.5. The molecule has 0 spiro atoms. The third-order valence-corrected chi connectivity index (χ3v) is 6.31. The molecule has 0 radical (unpaired) electrons. The average molecular weight is 454 g/mol. The highest BCUT2D eigenvalue weighted by Crippen LogP contribution is 2.37. The van der Waals surface area contributed by atoms with Gasteiger partial charge in [0.2, 0.25) is 0 Å². The van der Waals surface area contributed by atoms with Crippen LogP contribution < -0.4 is 0 Å². The van der Waals surface area contributed by atoms with Gasteiger partial charge in [0.1, 0.15) is 17.7 Å². The van der Waals surface area contributed by atoms with Crippen molar-refractivity contribution < 1.29 is 18.0 Å². The van der Waals surface area contributed by atoms with Crippen molar-refractivity contribution in [2.45, 2.75) is 26.3 Å². The van der Waals surface area contributed by atoms with Gasteiger partial charge in [-0.2, -0.15) is 5.10 Å². The molecule has 7 nitrogen and oxygen atoms in total. The van der Waals surface area contributed by atoms with Gasteiger partial charge in [0.25, 0.3) is 5.91 Å². The summed E-state index contributed by atoms with van der Waals surface area (Å²) in [5, 5.41) is 5.26. The van der Waals surface area contributed by atoms with Crippen LogP contribution in [-0.4, -0.2) is 41.7 Å². The number of nitrogens with zero attached hydrogens (tertiary/aromatic N) is 6. The molecule has 1 atom stereocenters. The van der Waals surface area contributed by atoms with Crippen molar-refractivity contribution in [3.05, 3.63) is 64.6 Å². The minimum atomic E-state index is -1.51. The Morgan fingerprint density at radius 1 is 1.12 bits per heavy atom. The summed E-state index contributed by atoms with van der Waals surface area (Å²) in [6.07, 6.45) is 3.71. The number of carbonyl (C=O) groups excluding carboxylic acids is 1. The molecular formula is C23H21F3N6O. The number of hydrogen-bond acceptors (Lipinski definition) is 4. The maximum Gasteiger partial charge on any atom is 0.273 e. The van der Waals surface area contributed by atoms with E-state index in [9.17, 15) is 18.0 Å². The molecule has 0 N–H and O–H groups in total. The molecule has 10 heteroatoms. The van der Waals surface area contributed by atoms with Gasteiger partial charge in [-0.05, 0) is 38.0 Å². The number of aromatic nitrogens is 5. The first-order chi connectivity index (χ1) is 15.7. The van der Waals surface area contributed by atoms with Crippen molar-refractivity contribution >= 4 is 16.9 Å². The minimum absolute atomic E-state index is 0.201. The lowest BCUT2D eigenvalue weighted by molar-refractivity contribution is 0.0669. The smallest absolute Gasteiger partial charge is 0.273 e. The molecule has 4 heterocycles. The Hall–Kier alpha value is -3.69. The molecule has 3 aromatic heterocycles. The Morgan fingerprint density at radius 3 is 2.52 bits per heavy atom. The van der Waals surface area contributed by atoms with E-state index in [1.165, 1.54) is 11.0 Å². The summed E-state index contributed by atoms with van der Waals surface area (Å²) in [6, 6.07) is 1.53. The number of fused-ring (bicyclic) bond motifs is 2. The molecule has 0 fully saturated rings. The maximum absolute atomic E-state index is 13.9. The van der Waals surface area contributed by atoms with E-state index in [2.05, 4.69) is 15.1 Å². The highest BCUT2D eigenvalue weighted by Gasteiger charge is 2.35. The van der Waals surface area contributed by atoms with E-state index in [0.717, 1.165) is 23.3 Å². The first kappa shape index (κ1) is 21.2. The van der Waals surface area contributed by atoms with Gasteiger partial charge in [0.15, 0.2) is 17.5 Å². The molecule has 0 aliphatic carbocycles. The van der Waals surface area contributed by atoms with Crippen molar-refractivity contribution in [1.82, 2.24) is 29.2 Å². The SMILES string of the molecule is Cc1cn(C)c2ncnc(C(=O)N3CCc4c(nn(C)c4-c4cc(F)c(F)c(F)c4)[C@@H]3C)c12. The molecule has 5 rings (SSSR count). The van der Waals surface area contributed by atoms with Gasteiger partial charge in [-0.3, -0.25) is 9.48 Å². The van der Waals surface area contributed by atoms with Crippen molar-refractivity contribution in [3.8, 4) is 11.3 Å². The van der Waals surface area contributed by atoms with Crippen LogP contribution in [0.4, 0.5) is 13.2 Å². The van der Waals surface area contributed by atoms with Crippen molar-refractivity contribution in [1.29, 1.82) is 0 Å². The van der Waals surface area contributed by atoms with Crippen molar-refractivity contribution in [3.63, 3.8) is 0 Å². The lowest BCUT2D eigenvalue weighted by Crippen LogP contribution is -2.39. The molecule has 4 aromatic rings. The molecule has 0 unspecified atom stereocenters. The van der Waals surface area contributed by atoms with Crippen LogP contribution in [0.2, 0.25) is 0 Å². The molecule has 0 saturated carbocycles. The predicted octanol–water partition coefficient (Wildman–Crippen LogP) is 3.85.